The van der Waals surface area contributed by atoms with Crippen molar-refractivity contribution in [1.29, 1.82) is 0 Å². The summed E-state index contributed by atoms with van der Waals surface area (Å²) in [5.41, 5.74) is 1.23. The third-order valence-corrected chi connectivity index (χ3v) is 5.75. The summed E-state index contributed by atoms with van der Waals surface area (Å²) in [6, 6.07) is 0.410. The Morgan fingerprint density at radius 2 is 2.05 bits per heavy atom. The summed E-state index contributed by atoms with van der Waals surface area (Å²) < 4.78 is 3.88. The van der Waals surface area contributed by atoms with Gasteiger partial charge in [-0.2, -0.15) is 5.10 Å². The molecule has 7 nitrogen and oxygen atoms in total. The van der Waals surface area contributed by atoms with Crippen molar-refractivity contribution < 1.29 is 0 Å². The minimum absolute atomic E-state index is 0.410. The molecule has 3 aromatic rings. The average Bonchev–Trinajstić information content (AvgIpc) is 3.21. The molecule has 0 radical (unpaired) electrons. The van der Waals surface area contributed by atoms with Crippen molar-refractivity contribution in [2.75, 3.05) is 18.0 Å². The molecule has 0 aromatic carbocycles. The lowest BCUT2D eigenvalue weighted by Crippen LogP contribution is -2.48. The number of hydrogen-bond acceptors (Lipinski definition) is 6. The lowest BCUT2D eigenvalue weighted by atomic mass is 10.1. The van der Waals surface area contributed by atoms with Crippen LogP contribution in [0.1, 0.15) is 43.3 Å². The molecule has 0 N–H and O–H groups in total. The molecule has 1 aliphatic carbocycles. The minimum Gasteiger partial charge on any atom is -0.342 e. The fraction of sp³-hybridized carbons (Fsp3) is 0.571. The van der Waals surface area contributed by atoms with Gasteiger partial charge in [0.05, 0.1) is 17.9 Å². The first-order chi connectivity index (χ1) is 10.9. The zero-order valence-electron chi connectivity index (χ0n) is 12.2. The highest BCUT2D eigenvalue weighted by Gasteiger charge is 2.31. The molecule has 8 heteroatoms. The zero-order valence-corrected chi connectivity index (χ0v) is 13.0. The van der Waals surface area contributed by atoms with Gasteiger partial charge in [-0.05, 0) is 12.8 Å². The molecule has 0 unspecified atom stereocenters. The van der Waals surface area contributed by atoms with Crippen LogP contribution in [0.2, 0.25) is 0 Å². The van der Waals surface area contributed by atoms with Crippen LogP contribution in [-0.4, -0.2) is 42.5 Å². The van der Waals surface area contributed by atoms with E-state index in [1.165, 1.54) is 31.4 Å². The van der Waals surface area contributed by atoms with E-state index in [0.29, 0.717) is 12.0 Å². The van der Waals surface area contributed by atoms with E-state index in [-0.39, 0.29) is 0 Å². The Labute approximate surface area is 131 Å². The van der Waals surface area contributed by atoms with Crippen molar-refractivity contribution in [1.82, 2.24) is 29.4 Å². The van der Waals surface area contributed by atoms with E-state index in [2.05, 4.69) is 21.2 Å². The first kappa shape index (κ1) is 12.6. The van der Waals surface area contributed by atoms with Gasteiger partial charge in [0.1, 0.15) is 12.7 Å². The van der Waals surface area contributed by atoms with Gasteiger partial charge in [-0.15, -0.1) is 5.10 Å². The molecule has 2 fully saturated rings. The van der Waals surface area contributed by atoms with Crippen molar-refractivity contribution in [2.45, 2.75) is 37.6 Å². The van der Waals surface area contributed by atoms with Gasteiger partial charge in [0, 0.05) is 19.0 Å². The summed E-state index contributed by atoms with van der Waals surface area (Å²) in [7, 11) is 0. The Bertz CT molecular complexity index is 746. The van der Waals surface area contributed by atoms with Crippen LogP contribution >= 0.6 is 11.3 Å². The zero-order chi connectivity index (χ0) is 14.5. The van der Waals surface area contributed by atoms with Gasteiger partial charge in [0.2, 0.25) is 10.1 Å². The van der Waals surface area contributed by atoms with Crippen LogP contribution in [0.25, 0.3) is 4.96 Å². The monoisotopic (exact) mass is 315 g/mol. The number of rotatable bonds is 3. The normalized spacial score (nSPS) is 20.1. The van der Waals surface area contributed by atoms with Crippen LogP contribution in [0.5, 0.6) is 0 Å². The van der Waals surface area contributed by atoms with Crippen LogP contribution in [0.4, 0.5) is 5.13 Å². The topological polar surface area (TPSA) is 64.1 Å². The largest absolute Gasteiger partial charge is 0.342 e. The summed E-state index contributed by atoms with van der Waals surface area (Å²) in [5, 5.41) is 9.95. The second kappa shape index (κ2) is 4.77. The molecule has 0 spiro atoms. The van der Waals surface area contributed by atoms with E-state index in [4.69, 9.17) is 10.1 Å². The summed E-state index contributed by atoms with van der Waals surface area (Å²) >= 11 is 1.68. The average molecular weight is 315 g/mol. The molecule has 0 bridgehead atoms. The molecule has 22 heavy (non-hydrogen) atoms. The Morgan fingerprint density at radius 1 is 1.18 bits per heavy atom. The van der Waals surface area contributed by atoms with Crippen molar-refractivity contribution >= 4 is 21.4 Å². The predicted octanol–water partition coefficient (Wildman–Crippen LogP) is 2.10. The van der Waals surface area contributed by atoms with Crippen molar-refractivity contribution in [3.05, 3.63) is 24.5 Å². The second-order valence-electron chi connectivity index (χ2n) is 6.19. The number of imidazole rings is 1. The maximum absolute atomic E-state index is 4.79. The van der Waals surface area contributed by atoms with Crippen LogP contribution in [0.15, 0.2) is 18.9 Å². The number of nitrogens with zero attached hydrogens (tertiary/aromatic N) is 7. The quantitative estimate of drug-likeness (QED) is 0.740. The van der Waals surface area contributed by atoms with Crippen LogP contribution in [0, 0.1) is 0 Å². The number of fused-ring (bicyclic) bond motifs is 1. The van der Waals surface area contributed by atoms with Gasteiger partial charge in [-0.25, -0.2) is 19.2 Å². The fourth-order valence-electron chi connectivity index (χ4n) is 3.44. The first-order valence-corrected chi connectivity index (χ1v) is 8.63. The predicted molar refractivity (Wildman–Crippen MR) is 83.3 cm³/mol. The van der Waals surface area contributed by atoms with Crippen LogP contribution < -0.4 is 4.90 Å². The molecular weight excluding hydrogens is 298 g/mol. The Hall–Kier alpha value is -1.96. The molecule has 1 aliphatic heterocycles. The highest BCUT2D eigenvalue weighted by molar-refractivity contribution is 7.20. The number of aromatic nitrogens is 6. The summed E-state index contributed by atoms with van der Waals surface area (Å²) in [6.07, 6.45) is 10.7. The molecule has 2 aliphatic rings. The van der Waals surface area contributed by atoms with Gasteiger partial charge in [0.25, 0.3) is 0 Å². The van der Waals surface area contributed by atoms with E-state index in [0.717, 1.165) is 23.2 Å². The van der Waals surface area contributed by atoms with Crippen LogP contribution in [-0.2, 0) is 0 Å². The van der Waals surface area contributed by atoms with Gasteiger partial charge in [-0.1, -0.05) is 24.2 Å². The van der Waals surface area contributed by atoms with Crippen LogP contribution in [0.3, 0.4) is 0 Å². The van der Waals surface area contributed by atoms with Gasteiger partial charge in [-0.3, -0.25) is 0 Å². The summed E-state index contributed by atoms with van der Waals surface area (Å²) in [5.74, 6) is 0.651. The smallest absolute Gasteiger partial charge is 0.214 e. The Morgan fingerprint density at radius 3 is 2.77 bits per heavy atom. The molecule has 114 valence electrons. The standard InChI is InChI=1S/C14H17N7S/c1-2-4-10(3-1)12-7-20-13(17-12)22-14(18-20)19-5-11(6-19)21-9-15-8-16-21/h7-11H,1-6H2. The molecule has 4 heterocycles. The second-order valence-corrected chi connectivity index (χ2v) is 7.13. The highest BCUT2D eigenvalue weighted by Crippen LogP contribution is 2.36. The van der Waals surface area contributed by atoms with Crippen molar-refractivity contribution in [3.63, 3.8) is 0 Å². The maximum atomic E-state index is 4.79. The van der Waals surface area contributed by atoms with E-state index in [1.54, 1.807) is 24.0 Å². The van der Waals surface area contributed by atoms with Gasteiger partial charge < -0.3 is 4.90 Å². The molecule has 0 amide bonds. The third kappa shape index (κ3) is 1.93. The van der Waals surface area contributed by atoms with E-state index >= 15 is 0 Å². The van der Waals surface area contributed by atoms with E-state index < -0.39 is 0 Å². The van der Waals surface area contributed by atoms with Crippen molar-refractivity contribution in [3.8, 4) is 0 Å². The van der Waals surface area contributed by atoms with E-state index in [1.807, 2.05) is 9.20 Å². The number of anilines is 1. The summed E-state index contributed by atoms with van der Waals surface area (Å²) in [6.45, 7) is 1.88. The Balaban J connectivity index is 1.33. The first-order valence-electron chi connectivity index (χ1n) is 7.82. The minimum atomic E-state index is 0.410. The van der Waals surface area contributed by atoms with E-state index in [9.17, 15) is 0 Å². The molecule has 1 saturated carbocycles. The molecule has 5 rings (SSSR count). The third-order valence-electron chi connectivity index (χ3n) is 4.77. The lowest BCUT2D eigenvalue weighted by molar-refractivity contribution is 0.366. The van der Waals surface area contributed by atoms with Crippen molar-refractivity contribution in [2.24, 2.45) is 0 Å². The van der Waals surface area contributed by atoms with Gasteiger partial charge >= 0.3 is 0 Å². The molecule has 3 aromatic heterocycles. The maximum Gasteiger partial charge on any atom is 0.214 e. The molecular formula is C14H17N7S. The molecule has 0 atom stereocenters. The SMILES string of the molecule is c1ncn(C2CN(c3nn4cc(C5CCCC5)nc4s3)C2)n1. The lowest BCUT2D eigenvalue weighted by Gasteiger charge is -2.38. The van der Waals surface area contributed by atoms with Gasteiger partial charge in [0.15, 0.2) is 0 Å². The molecule has 1 saturated heterocycles. The number of hydrogen-bond donors (Lipinski definition) is 0. The fourth-order valence-corrected chi connectivity index (χ4v) is 4.35. The summed E-state index contributed by atoms with van der Waals surface area (Å²) in [4.78, 5) is 12.1. The highest BCUT2D eigenvalue weighted by atomic mass is 32.1. The Kier molecular flexibility index (Phi) is 2.73.